The van der Waals surface area contributed by atoms with Crippen LogP contribution in [0.15, 0.2) is 29.3 Å². The average molecular weight is 236 g/mol. The molecule has 0 spiro atoms. The van der Waals surface area contributed by atoms with Gasteiger partial charge in [-0.25, -0.2) is 4.99 Å². The molecule has 0 amide bonds. The Labute approximate surface area is 100 Å². The molecule has 1 saturated heterocycles. The lowest BCUT2D eigenvalue weighted by Crippen LogP contribution is -2.16. The van der Waals surface area contributed by atoms with E-state index in [0.29, 0.717) is 6.61 Å². The van der Waals surface area contributed by atoms with Gasteiger partial charge in [-0.2, -0.15) is 0 Å². The molecule has 1 aliphatic rings. The van der Waals surface area contributed by atoms with Gasteiger partial charge in [0.15, 0.2) is 0 Å². The molecule has 1 heterocycles. The van der Waals surface area contributed by atoms with Crippen LogP contribution in [0.5, 0.6) is 5.75 Å². The van der Waals surface area contributed by atoms with E-state index in [1.807, 2.05) is 29.7 Å². The molecule has 1 atom stereocenters. The van der Waals surface area contributed by atoms with Gasteiger partial charge in [-0.1, -0.05) is 0 Å². The van der Waals surface area contributed by atoms with Crippen molar-refractivity contribution in [2.45, 2.75) is 18.9 Å². The highest BCUT2D eigenvalue weighted by Gasteiger charge is 2.15. The highest BCUT2D eigenvalue weighted by molar-refractivity contribution is 5.59. The molecule has 17 heavy (non-hydrogen) atoms. The van der Waals surface area contributed by atoms with Crippen LogP contribution >= 0.6 is 0 Å². The monoisotopic (exact) mass is 236 g/mol. The van der Waals surface area contributed by atoms with Crippen molar-refractivity contribution in [2.75, 3.05) is 13.2 Å². The first-order valence-electron chi connectivity index (χ1n) is 5.65. The van der Waals surface area contributed by atoms with Crippen LogP contribution in [0.3, 0.4) is 0 Å². The molecule has 0 bridgehead atoms. The second kappa shape index (κ2) is 6.22. The Morgan fingerprint density at radius 3 is 2.94 bits per heavy atom. The Kier molecular flexibility index (Phi) is 4.35. The van der Waals surface area contributed by atoms with E-state index in [-0.39, 0.29) is 6.10 Å². The molecule has 1 unspecified atom stereocenters. The van der Waals surface area contributed by atoms with E-state index in [0.717, 1.165) is 30.9 Å². The van der Waals surface area contributed by atoms with Crippen molar-refractivity contribution >= 4 is 12.0 Å². The maximum absolute atomic E-state index is 8.35. The number of aliphatic imine (C=N–C) groups is 1. The first kappa shape index (κ1) is 11.9. The van der Waals surface area contributed by atoms with Crippen molar-refractivity contribution in [1.29, 1.82) is 0 Å². The minimum absolute atomic E-state index is 0.228. The van der Waals surface area contributed by atoms with E-state index in [9.17, 15) is 0 Å². The summed E-state index contributed by atoms with van der Waals surface area (Å²) < 4.78 is 11.1. The molecule has 2 N–H and O–H groups in total. The summed E-state index contributed by atoms with van der Waals surface area (Å²) in [6, 6.07) is 7.33. The van der Waals surface area contributed by atoms with Gasteiger partial charge < -0.3 is 9.47 Å². The highest BCUT2D eigenvalue weighted by atomic mass is 16.5. The Bertz CT molecular complexity index is 359. The van der Waals surface area contributed by atoms with E-state index in [1.54, 1.807) is 0 Å². The van der Waals surface area contributed by atoms with Crippen molar-refractivity contribution < 1.29 is 14.7 Å². The normalized spacial score (nSPS) is 19.7. The predicted octanol–water partition coefficient (Wildman–Crippen LogP) is 1.88. The maximum Gasteiger partial charge on any atom is 0.119 e. The molecule has 1 aromatic rings. The van der Waals surface area contributed by atoms with Crippen LogP contribution in [-0.2, 0) is 4.74 Å². The molecule has 1 aromatic carbocycles. The largest absolute Gasteiger partial charge is 0.491 e. The summed E-state index contributed by atoms with van der Waals surface area (Å²) in [6.07, 6.45) is 3.63. The van der Waals surface area contributed by atoms with Gasteiger partial charge in [-0.3, -0.25) is 10.7 Å². The summed E-state index contributed by atoms with van der Waals surface area (Å²) in [5, 5.41) is 8.35. The SMILES string of the molecule is ONC=Nc1ccc(OCC2CCCO2)cc1. The zero-order valence-corrected chi connectivity index (χ0v) is 9.50. The van der Waals surface area contributed by atoms with Crippen molar-refractivity contribution in [3.8, 4) is 5.75 Å². The van der Waals surface area contributed by atoms with Crippen molar-refractivity contribution in [3.63, 3.8) is 0 Å². The van der Waals surface area contributed by atoms with Crippen molar-refractivity contribution in [1.82, 2.24) is 5.48 Å². The summed E-state index contributed by atoms with van der Waals surface area (Å²) >= 11 is 0. The van der Waals surface area contributed by atoms with E-state index < -0.39 is 0 Å². The fraction of sp³-hybridized carbons (Fsp3) is 0.417. The van der Waals surface area contributed by atoms with Gasteiger partial charge in [-0.05, 0) is 37.1 Å². The zero-order valence-electron chi connectivity index (χ0n) is 9.50. The smallest absolute Gasteiger partial charge is 0.119 e. The third-order valence-electron chi connectivity index (χ3n) is 2.57. The number of hydrogen-bond acceptors (Lipinski definition) is 4. The fourth-order valence-electron chi connectivity index (χ4n) is 1.70. The predicted molar refractivity (Wildman–Crippen MR) is 64.0 cm³/mol. The number of benzene rings is 1. The number of rotatable bonds is 5. The summed E-state index contributed by atoms with van der Waals surface area (Å²) in [5.41, 5.74) is 2.60. The van der Waals surface area contributed by atoms with Crippen LogP contribution in [0.2, 0.25) is 0 Å². The molecular weight excluding hydrogens is 220 g/mol. The number of nitrogens with zero attached hydrogens (tertiary/aromatic N) is 1. The average Bonchev–Trinajstić information content (AvgIpc) is 2.88. The fourth-order valence-corrected chi connectivity index (χ4v) is 1.70. The third-order valence-corrected chi connectivity index (χ3v) is 2.57. The van der Waals surface area contributed by atoms with E-state index in [1.165, 1.54) is 6.34 Å². The Hall–Kier alpha value is -1.59. The first-order valence-corrected chi connectivity index (χ1v) is 5.65. The van der Waals surface area contributed by atoms with Crippen LogP contribution in [0.25, 0.3) is 0 Å². The van der Waals surface area contributed by atoms with Gasteiger partial charge in [0.05, 0.1) is 11.8 Å². The molecule has 1 fully saturated rings. The lowest BCUT2D eigenvalue weighted by Gasteiger charge is -2.11. The van der Waals surface area contributed by atoms with Gasteiger partial charge >= 0.3 is 0 Å². The number of nitrogens with one attached hydrogen (secondary N) is 1. The third kappa shape index (κ3) is 3.72. The quantitative estimate of drug-likeness (QED) is 0.465. The van der Waals surface area contributed by atoms with Gasteiger partial charge in [-0.15, -0.1) is 0 Å². The van der Waals surface area contributed by atoms with E-state index >= 15 is 0 Å². The Morgan fingerprint density at radius 2 is 2.29 bits per heavy atom. The highest BCUT2D eigenvalue weighted by Crippen LogP contribution is 2.19. The van der Waals surface area contributed by atoms with Gasteiger partial charge in [0.25, 0.3) is 0 Å². The van der Waals surface area contributed by atoms with Crippen LogP contribution in [0.1, 0.15) is 12.8 Å². The second-order valence-electron chi connectivity index (χ2n) is 3.83. The van der Waals surface area contributed by atoms with Gasteiger partial charge in [0.2, 0.25) is 0 Å². The van der Waals surface area contributed by atoms with Gasteiger partial charge in [0, 0.05) is 6.61 Å². The van der Waals surface area contributed by atoms with E-state index in [2.05, 4.69) is 4.99 Å². The summed E-state index contributed by atoms with van der Waals surface area (Å²) in [7, 11) is 0. The molecular formula is C12H16N2O3. The molecule has 5 heteroatoms. The Balaban J connectivity index is 1.82. The maximum atomic E-state index is 8.35. The minimum atomic E-state index is 0.228. The van der Waals surface area contributed by atoms with Crippen LogP contribution in [0.4, 0.5) is 5.69 Å². The zero-order chi connectivity index (χ0) is 11.9. The summed E-state index contributed by atoms with van der Waals surface area (Å²) in [4.78, 5) is 3.94. The van der Waals surface area contributed by atoms with Gasteiger partial charge in [0.1, 0.15) is 18.7 Å². The first-order chi connectivity index (χ1) is 8.38. The molecule has 0 radical (unpaired) electrons. The second-order valence-corrected chi connectivity index (χ2v) is 3.83. The van der Waals surface area contributed by atoms with Crippen molar-refractivity contribution in [3.05, 3.63) is 24.3 Å². The standard InChI is InChI=1S/C12H16N2O3/c15-14-9-13-10-3-5-11(6-4-10)17-8-12-2-1-7-16-12/h3-6,9,12,15H,1-2,7-8H2,(H,13,14). The number of hydroxylamine groups is 1. The van der Waals surface area contributed by atoms with E-state index in [4.69, 9.17) is 14.7 Å². The molecule has 5 nitrogen and oxygen atoms in total. The van der Waals surface area contributed by atoms with Crippen LogP contribution < -0.4 is 10.2 Å². The molecule has 0 aliphatic carbocycles. The molecule has 0 saturated carbocycles. The molecule has 2 rings (SSSR count). The summed E-state index contributed by atoms with van der Waals surface area (Å²) in [6.45, 7) is 1.44. The minimum Gasteiger partial charge on any atom is -0.491 e. The topological polar surface area (TPSA) is 63.1 Å². The van der Waals surface area contributed by atoms with Crippen molar-refractivity contribution in [2.24, 2.45) is 4.99 Å². The molecule has 0 aromatic heterocycles. The van der Waals surface area contributed by atoms with Crippen LogP contribution in [-0.4, -0.2) is 30.9 Å². The summed E-state index contributed by atoms with van der Waals surface area (Å²) in [5.74, 6) is 0.802. The Morgan fingerprint density at radius 1 is 1.47 bits per heavy atom. The molecule has 92 valence electrons. The van der Waals surface area contributed by atoms with Crippen LogP contribution in [0, 0.1) is 0 Å². The molecule has 1 aliphatic heterocycles. The lowest BCUT2D eigenvalue weighted by atomic mass is 10.2. The lowest BCUT2D eigenvalue weighted by molar-refractivity contribution is 0.0679. The number of hydrogen-bond donors (Lipinski definition) is 2. The number of ether oxygens (including phenoxy) is 2.